The number of aromatic amines is 1. The first kappa shape index (κ1) is 21.6. The fourth-order valence-electron chi connectivity index (χ4n) is 3.52. The Bertz CT molecular complexity index is 1240. The molecule has 4 rings (SSSR count). The summed E-state index contributed by atoms with van der Waals surface area (Å²) in [6.07, 6.45) is 0. The number of ether oxygens (including phenoxy) is 2. The van der Waals surface area contributed by atoms with Crippen molar-refractivity contribution >= 4 is 23.6 Å². The predicted molar refractivity (Wildman–Crippen MR) is 121 cm³/mol. The van der Waals surface area contributed by atoms with Crippen LogP contribution in [-0.4, -0.2) is 53.2 Å². The first-order valence-electron chi connectivity index (χ1n) is 9.86. The van der Waals surface area contributed by atoms with E-state index in [1.165, 1.54) is 16.7 Å². The molecule has 0 spiro atoms. The van der Waals surface area contributed by atoms with Crippen molar-refractivity contribution in [1.29, 1.82) is 0 Å². The van der Waals surface area contributed by atoms with E-state index in [0.29, 0.717) is 50.4 Å². The zero-order valence-corrected chi connectivity index (χ0v) is 18.6. The number of fused-ring (bicyclic) bond motifs is 1. The van der Waals surface area contributed by atoms with Gasteiger partial charge >= 0.3 is 0 Å². The second-order valence-electron chi connectivity index (χ2n) is 7.07. The van der Waals surface area contributed by atoms with E-state index in [9.17, 15) is 14.4 Å². The molecule has 0 atom stereocenters. The zero-order chi connectivity index (χ0) is 22.8. The molecule has 0 bridgehead atoms. The molecule has 0 saturated heterocycles. The number of aromatic nitrogens is 2. The van der Waals surface area contributed by atoms with Crippen LogP contribution in [0.15, 0.2) is 52.4 Å². The number of carbonyl (C=O) groups excluding carboxylic acids is 2. The lowest BCUT2D eigenvalue weighted by molar-refractivity contribution is 0.0664. The normalized spacial score (nSPS) is 12.8. The molecule has 0 unspecified atom stereocenters. The van der Waals surface area contributed by atoms with Crippen molar-refractivity contribution in [3.8, 4) is 22.8 Å². The number of hydrogen-bond donors (Lipinski definition) is 1. The maximum Gasteiger partial charge on any atom is 0.261 e. The molecule has 1 aliphatic heterocycles. The first-order valence-corrected chi connectivity index (χ1v) is 10.8. The highest BCUT2D eigenvalue weighted by Crippen LogP contribution is 2.32. The summed E-state index contributed by atoms with van der Waals surface area (Å²) in [5.74, 6) is 0.897. The van der Waals surface area contributed by atoms with Crippen LogP contribution in [-0.2, 0) is 0 Å². The Morgan fingerprint density at radius 1 is 0.969 bits per heavy atom. The van der Waals surface area contributed by atoms with Gasteiger partial charge in [0, 0.05) is 23.4 Å². The van der Waals surface area contributed by atoms with E-state index in [1.807, 2.05) is 6.07 Å². The molecule has 1 aromatic heterocycles. The molecule has 1 aliphatic rings. The Kier molecular flexibility index (Phi) is 6.00. The van der Waals surface area contributed by atoms with Gasteiger partial charge in [0.25, 0.3) is 17.4 Å². The minimum atomic E-state index is -0.303. The molecule has 0 saturated carbocycles. The van der Waals surface area contributed by atoms with Gasteiger partial charge in [-0.25, -0.2) is 4.98 Å². The minimum Gasteiger partial charge on any atom is -0.493 e. The van der Waals surface area contributed by atoms with Crippen molar-refractivity contribution < 1.29 is 19.1 Å². The quantitative estimate of drug-likeness (QED) is 0.334. The fourth-order valence-corrected chi connectivity index (χ4v) is 4.31. The van der Waals surface area contributed by atoms with Crippen LogP contribution in [0.1, 0.15) is 26.3 Å². The number of methoxy groups -OCH3 is 2. The second-order valence-corrected chi connectivity index (χ2v) is 8.15. The Morgan fingerprint density at radius 2 is 1.62 bits per heavy atom. The highest BCUT2D eigenvalue weighted by Gasteiger charge is 2.34. The smallest absolute Gasteiger partial charge is 0.261 e. The molecule has 0 radical (unpaired) electrons. The molecule has 1 N–H and O–H groups in total. The number of benzene rings is 2. The van der Waals surface area contributed by atoms with Crippen molar-refractivity contribution in [3.05, 3.63) is 69.5 Å². The molecular weight excluding hydrogens is 430 g/mol. The summed E-state index contributed by atoms with van der Waals surface area (Å²) in [4.78, 5) is 46.1. The Labute approximate surface area is 188 Å². The molecule has 2 amide bonds. The highest BCUT2D eigenvalue weighted by molar-refractivity contribution is 7.99. The van der Waals surface area contributed by atoms with Gasteiger partial charge < -0.3 is 14.5 Å². The molecular formula is C23H21N3O5S. The third-order valence-corrected chi connectivity index (χ3v) is 6.07. The molecule has 164 valence electrons. The summed E-state index contributed by atoms with van der Waals surface area (Å²) in [5, 5.41) is 0.405. The number of nitrogens with zero attached hydrogens (tertiary/aromatic N) is 2. The molecule has 0 aliphatic carbocycles. The van der Waals surface area contributed by atoms with Gasteiger partial charge in [0.15, 0.2) is 16.7 Å². The number of nitrogens with one attached hydrogen (secondary N) is 1. The van der Waals surface area contributed by atoms with E-state index in [4.69, 9.17) is 9.47 Å². The summed E-state index contributed by atoms with van der Waals surface area (Å²) < 4.78 is 10.6. The lowest BCUT2D eigenvalue weighted by atomic mass is 10.1. The van der Waals surface area contributed by atoms with Crippen LogP contribution in [0.5, 0.6) is 11.5 Å². The monoisotopic (exact) mass is 451 g/mol. The van der Waals surface area contributed by atoms with Crippen LogP contribution in [0.4, 0.5) is 0 Å². The number of amides is 2. The zero-order valence-electron chi connectivity index (χ0n) is 17.8. The average molecular weight is 452 g/mol. The van der Waals surface area contributed by atoms with Crippen molar-refractivity contribution in [2.75, 3.05) is 26.5 Å². The third kappa shape index (κ3) is 3.87. The van der Waals surface area contributed by atoms with Crippen molar-refractivity contribution in [2.24, 2.45) is 0 Å². The number of thioether (sulfide) groups is 1. The van der Waals surface area contributed by atoms with Gasteiger partial charge in [-0.05, 0) is 37.3 Å². The number of hydrogen-bond acceptors (Lipinski definition) is 7. The van der Waals surface area contributed by atoms with Crippen molar-refractivity contribution in [2.45, 2.75) is 12.1 Å². The van der Waals surface area contributed by atoms with Crippen LogP contribution in [0.2, 0.25) is 0 Å². The summed E-state index contributed by atoms with van der Waals surface area (Å²) in [5.41, 5.74) is 2.29. The lowest BCUT2D eigenvalue weighted by Gasteiger charge is -2.14. The molecule has 8 nitrogen and oxygen atoms in total. The topological polar surface area (TPSA) is 102 Å². The van der Waals surface area contributed by atoms with E-state index in [2.05, 4.69) is 9.97 Å². The summed E-state index contributed by atoms with van der Waals surface area (Å²) in [6.45, 7) is 1.91. The molecule has 2 aromatic carbocycles. The maximum atomic E-state index is 12.5. The van der Waals surface area contributed by atoms with E-state index in [0.717, 1.165) is 0 Å². The average Bonchev–Trinajstić information content (AvgIpc) is 3.05. The van der Waals surface area contributed by atoms with Gasteiger partial charge in [0.05, 0.1) is 31.0 Å². The Hall–Kier alpha value is -3.59. The van der Waals surface area contributed by atoms with Crippen LogP contribution >= 0.6 is 11.8 Å². The number of rotatable bonds is 7. The van der Waals surface area contributed by atoms with Gasteiger partial charge in [0.1, 0.15) is 0 Å². The van der Waals surface area contributed by atoms with Crippen molar-refractivity contribution in [1.82, 2.24) is 14.9 Å². The van der Waals surface area contributed by atoms with Crippen LogP contribution in [0, 0.1) is 6.92 Å². The summed E-state index contributed by atoms with van der Waals surface area (Å²) >= 11 is 1.27. The van der Waals surface area contributed by atoms with E-state index in [-0.39, 0.29) is 23.9 Å². The van der Waals surface area contributed by atoms with Crippen LogP contribution < -0.4 is 15.0 Å². The SMILES string of the molecule is COc1ccc(-c2nc(SCCN3C(=O)c4ccccc4C3=O)[nH]c(=O)c2C)cc1OC. The molecule has 2 heterocycles. The van der Waals surface area contributed by atoms with Gasteiger partial charge in [0.2, 0.25) is 0 Å². The number of H-pyrrole nitrogens is 1. The Balaban J connectivity index is 1.53. The summed E-state index contributed by atoms with van der Waals surface area (Å²) in [7, 11) is 3.09. The molecule has 32 heavy (non-hydrogen) atoms. The van der Waals surface area contributed by atoms with Gasteiger partial charge in [-0.2, -0.15) is 0 Å². The van der Waals surface area contributed by atoms with E-state index < -0.39 is 0 Å². The first-order chi connectivity index (χ1) is 15.4. The summed E-state index contributed by atoms with van der Waals surface area (Å²) in [6, 6.07) is 12.1. The maximum absolute atomic E-state index is 12.5. The predicted octanol–water partition coefficient (Wildman–Crippen LogP) is 3.15. The highest BCUT2D eigenvalue weighted by atomic mass is 32.2. The minimum absolute atomic E-state index is 0.209. The largest absolute Gasteiger partial charge is 0.493 e. The molecule has 9 heteroatoms. The fraction of sp³-hybridized carbons (Fsp3) is 0.217. The third-order valence-electron chi connectivity index (χ3n) is 5.22. The standard InChI is InChI=1S/C23H21N3O5S/c1-13-19(14-8-9-17(30-2)18(12-14)31-3)24-23(25-20(13)27)32-11-10-26-21(28)15-6-4-5-7-16(15)22(26)29/h4-9,12H,10-11H2,1-3H3,(H,24,25,27). The lowest BCUT2D eigenvalue weighted by Crippen LogP contribution is -2.31. The number of imide groups is 1. The number of carbonyl (C=O) groups is 2. The Morgan fingerprint density at radius 3 is 2.25 bits per heavy atom. The molecule has 3 aromatic rings. The second kappa shape index (κ2) is 8.88. The molecule has 0 fully saturated rings. The van der Waals surface area contributed by atoms with Gasteiger partial charge in [-0.1, -0.05) is 23.9 Å². The van der Waals surface area contributed by atoms with Crippen molar-refractivity contribution in [3.63, 3.8) is 0 Å². The van der Waals surface area contributed by atoms with E-state index >= 15 is 0 Å². The van der Waals surface area contributed by atoms with Crippen LogP contribution in [0.3, 0.4) is 0 Å². The van der Waals surface area contributed by atoms with Gasteiger partial charge in [-0.15, -0.1) is 0 Å². The van der Waals surface area contributed by atoms with Crippen LogP contribution in [0.25, 0.3) is 11.3 Å². The van der Waals surface area contributed by atoms with E-state index in [1.54, 1.807) is 57.5 Å². The van der Waals surface area contributed by atoms with Gasteiger partial charge in [-0.3, -0.25) is 19.3 Å².